The molecule has 21 heavy (non-hydrogen) atoms. The van der Waals surface area contributed by atoms with Crippen molar-refractivity contribution >= 4 is 5.69 Å². The Labute approximate surface area is 124 Å². The molecule has 116 valence electrons. The molecule has 5 nitrogen and oxygen atoms in total. The lowest BCUT2D eigenvalue weighted by atomic mass is 10.2. The molecule has 0 aromatic heterocycles. The highest BCUT2D eigenvalue weighted by Crippen LogP contribution is 2.22. The van der Waals surface area contributed by atoms with Crippen molar-refractivity contribution in [1.29, 1.82) is 0 Å². The molecule has 0 saturated heterocycles. The first-order valence-corrected chi connectivity index (χ1v) is 7.42. The molecule has 1 fully saturated rings. The third-order valence-corrected chi connectivity index (χ3v) is 4.16. The van der Waals surface area contributed by atoms with Gasteiger partial charge in [0.2, 0.25) is 5.82 Å². The van der Waals surface area contributed by atoms with Crippen LogP contribution in [0.4, 0.5) is 10.1 Å². The van der Waals surface area contributed by atoms with E-state index in [1.54, 1.807) is 6.07 Å². The molecule has 0 amide bonds. The van der Waals surface area contributed by atoms with Crippen LogP contribution in [0.25, 0.3) is 0 Å². The number of nitrogens with zero attached hydrogens (tertiary/aromatic N) is 2. The second-order valence-electron chi connectivity index (χ2n) is 5.60. The maximum Gasteiger partial charge on any atom is 0.305 e. The average molecular weight is 295 g/mol. The number of hydrogen-bond donors (Lipinski definition) is 1. The van der Waals surface area contributed by atoms with Gasteiger partial charge in [0.1, 0.15) is 0 Å². The molecule has 6 heteroatoms. The van der Waals surface area contributed by atoms with Crippen molar-refractivity contribution in [3.63, 3.8) is 0 Å². The standard InChI is InChI=1S/C15H22FN3O2/c1-18(13-6-2-3-7-13)10-9-17-11-12-5-4-8-14(15(12)16)19(20)21/h4-5,8,13,17H,2-3,6-7,9-11H2,1H3. The summed E-state index contributed by atoms with van der Waals surface area (Å²) in [6.07, 6.45) is 5.13. The molecular weight excluding hydrogens is 273 g/mol. The van der Waals surface area contributed by atoms with Crippen LogP contribution in [0.1, 0.15) is 31.2 Å². The molecular formula is C15H22FN3O2. The Balaban J connectivity index is 1.78. The Morgan fingerprint density at radius 2 is 2.14 bits per heavy atom. The number of benzene rings is 1. The van der Waals surface area contributed by atoms with E-state index in [1.807, 2.05) is 0 Å². The van der Waals surface area contributed by atoms with E-state index in [0.717, 1.165) is 13.1 Å². The van der Waals surface area contributed by atoms with Crippen molar-refractivity contribution in [2.24, 2.45) is 0 Å². The van der Waals surface area contributed by atoms with Gasteiger partial charge in [0, 0.05) is 37.3 Å². The fourth-order valence-corrected chi connectivity index (χ4v) is 2.85. The predicted molar refractivity (Wildman–Crippen MR) is 79.6 cm³/mol. The Hall–Kier alpha value is -1.53. The number of nitrogens with one attached hydrogen (secondary N) is 1. The maximum atomic E-state index is 13.9. The van der Waals surface area contributed by atoms with E-state index in [9.17, 15) is 14.5 Å². The highest BCUT2D eigenvalue weighted by molar-refractivity contribution is 5.36. The topological polar surface area (TPSA) is 58.4 Å². The number of halogens is 1. The van der Waals surface area contributed by atoms with E-state index < -0.39 is 16.4 Å². The maximum absolute atomic E-state index is 13.9. The lowest BCUT2D eigenvalue weighted by molar-refractivity contribution is -0.387. The van der Waals surface area contributed by atoms with Gasteiger partial charge in [-0.3, -0.25) is 10.1 Å². The SMILES string of the molecule is CN(CCNCc1cccc([N+](=O)[O-])c1F)C1CCCC1. The first kappa shape index (κ1) is 15.9. The summed E-state index contributed by atoms with van der Waals surface area (Å²) in [6, 6.07) is 4.95. The molecule has 0 unspecified atom stereocenters. The molecule has 0 bridgehead atoms. The van der Waals surface area contributed by atoms with Crippen molar-refractivity contribution in [2.45, 2.75) is 38.3 Å². The zero-order valence-electron chi connectivity index (χ0n) is 12.3. The van der Waals surface area contributed by atoms with E-state index in [-0.39, 0.29) is 0 Å². The summed E-state index contributed by atoms with van der Waals surface area (Å²) in [7, 11) is 2.12. The third kappa shape index (κ3) is 4.22. The van der Waals surface area contributed by atoms with Gasteiger partial charge >= 0.3 is 5.69 Å². The first-order valence-electron chi connectivity index (χ1n) is 7.42. The van der Waals surface area contributed by atoms with E-state index >= 15 is 0 Å². The summed E-state index contributed by atoms with van der Waals surface area (Å²) in [6.45, 7) is 1.96. The van der Waals surface area contributed by atoms with E-state index in [1.165, 1.54) is 37.8 Å². The Bertz CT molecular complexity index is 490. The van der Waals surface area contributed by atoms with E-state index in [2.05, 4.69) is 17.3 Å². The lowest BCUT2D eigenvalue weighted by Gasteiger charge is -2.24. The van der Waals surface area contributed by atoms with Gasteiger partial charge < -0.3 is 10.2 Å². The van der Waals surface area contributed by atoms with Crippen molar-refractivity contribution in [1.82, 2.24) is 10.2 Å². The molecule has 1 saturated carbocycles. The largest absolute Gasteiger partial charge is 0.311 e. The number of hydrogen-bond acceptors (Lipinski definition) is 4. The minimum atomic E-state index is -0.737. The van der Waals surface area contributed by atoms with Crippen molar-refractivity contribution < 1.29 is 9.31 Å². The quantitative estimate of drug-likeness (QED) is 0.477. The Morgan fingerprint density at radius 3 is 2.81 bits per heavy atom. The summed E-state index contributed by atoms with van der Waals surface area (Å²) < 4.78 is 13.9. The normalized spacial score (nSPS) is 15.8. The minimum Gasteiger partial charge on any atom is -0.311 e. The summed E-state index contributed by atoms with van der Waals surface area (Å²) in [4.78, 5) is 12.3. The van der Waals surface area contributed by atoms with Crippen LogP contribution in [-0.4, -0.2) is 36.0 Å². The zero-order valence-corrected chi connectivity index (χ0v) is 12.3. The molecule has 2 rings (SSSR count). The molecule has 1 aliphatic rings. The van der Waals surface area contributed by atoms with E-state index in [0.29, 0.717) is 18.2 Å². The summed E-state index contributed by atoms with van der Waals surface area (Å²) in [5, 5.41) is 13.8. The predicted octanol–water partition coefficient (Wildman–Crippen LogP) is 2.70. The van der Waals surface area contributed by atoms with Crippen molar-refractivity contribution in [3.8, 4) is 0 Å². The zero-order chi connectivity index (χ0) is 15.2. The molecule has 0 aliphatic heterocycles. The molecule has 1 N–H and O–H groups in total. The third-order valence-electron chi connectivity index (χ3n) is 4.16. The number of nitro benzene ring substituents is 1. The highest BCUT2D eigenvalue weighted by Gasteiger charge is 2.19. The van der Waals surface area contributed by atoms with Crippen LogP contribution in [0.2, 0.25) is 0 Å². The number of rotatable bonds is 7. The number of likely N-dealkylation sites (N-methyl/N-ethyl adjacent to an activating group) is 1. The van der Waals surface area contributed by atoms with Gasteiger partial charge in [0.05, 0.1) is 4.92 Å². The van der Waals surface area contributed by atoms with Gasteiger partial charge in [-0.25, -0.2) is 0 Å². The monoisotopic (exact) mass is 295 g/mol. The summed E-state index contributed by atoms with van der Waals surface area (Å²) >= 11 is 0. The smallest absolute Gasteiger partial charge is 0.305 e. The summed E-state index contributed by atoms with van der Waals surface area (Å²) in [5.41, 5.74) is -0.120. The van der Waals surface area contributed by atoms with Crippen LogP contribution < -0.4 is 5.32 Å². The second-order valence-corrected chi connectivity index (χ2v) is 5.60. The van der Waals surface area contributed by atoms with Crippen molar-refractivity contribution in [2.75, 3.05) is 20.1 Å². The second kappa shape index (κ2) is 7.47. The van der Waals surface area contributed by atoms with Gasteiger partial charge in [-0.1, -0.05) is 25.0 Å². The van der Waals surface area contributed by atoms with Crippen LogP contribution in [-0.2, 0) is 6.54 Å². The molecule has 1 aromatic carbocycles. The highest BCUT2D eigenvalue weighted by atomic mass is 19.1. The Morgan fingerprint density at radius 1 is 1.43 bits per heavy atom. The fourth-order valence-electron chi connectivity index (χ4n) is 2.85. The molecule has 0 spiro atoms. The summed E-state index contributed by atoms with van der Waals surface area (Å²) in [5.74, 6) is -0.737. The molecule has 0 atom stereocenters. The van der Waals surface area contributed by atoms with Crippen LogP contribution in [0.3, 0.4) is 0 Å². The van der Waals surface area contributed by atoms with Gasteiger partial charge in [-0.15, -0.1) is 0 Å². The minimum absolute atomic E-state index is 0.312. The molecule has 1 aliphatic carbocycles. The van der Waals surface area contributed by atoms with Crippen LogP contribution in [0.15, 0.2) is 18.2 Å². The lowest BCUT2D eigenvalue weighted by Crippen LogP contribution is -2.35. The van der Waals surface area contributed by atoms with Crippen LogP contribution in [0.5, 0.6) is 0 Å². The fraction of sp³-hybridized carbons (Fsp3) is 0.600. The molecule has 1 aromatic rings. The van der Waals surface area contributed by atoms with E-state index in [4.69, 9.17) is 0 Å². The van der Waals surface area contributed by atoms with Crippen LogP contribution >= 0.6 is 0 Å². The van der Waals surface area contributed by atoms with Gasteiger partial charge in [0.15, 0.2) is 0 Å². The molecule has 0 heterocycles. The van der Waals surface area contributed by atoms with Crippen molar-refractivity contribution in [3.05, 3.63) is 39.7 Å². The van der Waals surface area contributed by atoms with Gasteiger partial charge in [-0.2, -0.15) is 4.39 Å². The van der Waals surface area contributed by atoms with Crippen LogP contribution in [0, 0.1) is 15.9 Å². The van der Waals surface area contributed by atoms with Gasteiger partial charge in [0.25, 0.3) is 0 Å². The molecule has 0 radical (unpaired) electrons. The first-order chi connectivity index (χ1) is 10.1. The van der Waals surface area contributed by atoms with Gasteiger partial charge in [-0.05, 0) is 19.9 Å². The average Bonchev–Trinajstić information content (AvgIpc) is 2.98. The Kier molecular flexibility index (Phi) is 5.64. The number of nitro groups is 1.